The molecule has 2 heterocycles. The number of nitrogens with one attached hydrogen (secondary N) is 1. The molecule has 1 atom stereocenters. The lowest BCUT2D eigenvalue weighted by molar-refractivity contribution is -0.133. The molecule has 0 saturated carbocycles. The van der Waals surface area contributed by atoms with E-state index in [1.165, 1.54) is 0 Å². The summed E-state index contributed by atoms with van der Waals surface area (Å²) in [6.45, 7) is 3.40. The highest BCUT2D eigenvalue weighted by molar-refractivity contribution is 5.81. The number of methoxy groups -OCH3 is 1. The number of hydrogen-bond donors (Lipinski definition) is 1. The van der Waals surface area contributed by atoms with E-state index in [1.807, 2.05) is 31.2 Å². The molecular weight excluding hydrogens is 320 g/mol. The Bertz CT molecular complexity index is 809. The molecule has 1 aliphatic heterocycles. The Morgan fingerprint density at radius 1 is 1.40 bits per heavy atom. The molecule has 1 amide bonds. The van der Waals surface area contributed by atoms with Crippen molar-refractivity contribution in [3.05, 3.63) is 40.2 Å². The van der Waals surface area contributed by atoms with Gasteiger partial charge in [-0.25, -0.2) is 0 Å². The Hall–Kier alpha value is -2.34. The Kier molecular flexibility index (Phi) is 5.38. The highest BCUT2D eigenvalue weighted by Gasteiger charge is 2.22. The van der Waals surface area contributed by atoms with Gasteiger partial charge in [-0.3, -0.25) is 9.59 Å². The molecule has 6 heteroatoms. The van der Waals surface area contributed by atoms with Crippen molar-refractivity contribution in [3.63, 3.8) is 0 Å². The fourth-order valence-electron chi connectivity index (χ4n) is 3.19. The molecular formula is C19H24N2O4. The van der Waals surface area contributed by atoms with Gasteiger partial charge in [0.2, 0.25) is 5.91 Å². The van der Waals surface area contributed by atoms with Crippen LogP contribution < -0.4 is 10.3 Å². The van der Waals surface area contributed by atoms with E-state index >= 15 is 0 Å². The molecule has 25 heavy (non-hydrogen) atoms. The zero-order chi connectivity index (χ0) is 17.8. The smallest absolute Gasteiger partial charge is 0.253 e. The Labute approximate surface area is 146 Å². The maximum Gasteiger partial charge on any atom is 0.253 e. The quantitative estimate of drug-likeness (QED) is 0.874. The lowest BCUT2D eigenvalue weighted by atomic mass is 10.1. The summed E-state index contributed by atoms with van der Waals surface area (Å²) in [5.74, 6) is 0.756. The second-order valence-corrected chi connectivity index (χ2v) is 6.34. The predicted molar refractivity (Wildman–Crippen MR) is 95.8 cm³/mol. The van der Waals surface area contributed by atoms with E-state index in [1.54, 1.807) is 12.0 Å². The lowest BCUT2D eigenvalue weighted by Crippen LogP contribution is -2.37. The molecule has 1 aromatic heterocycles. The topological polar surface area (TPSA) is 71.6 Å². The van der Waals surface area contributed by atoms with Crippen molar-refractivity contribution in [2.45, 2.75) is 38.8 Å². The number of nitrogens with zero attached hydrogens (tertiary/aromatic N) is 1. The molecule has 1 unspecified atom stereocenters. The van der Waals surface area contributed by atoms with E-state index in [-0.39, 0.29) is 24.1 Å². The van der Waals surface area contributed by atoms with E-state index in [0.29, 0.717) is 18.5 Å². The molecule has 0 bridgehead atoms. The minimum absolute atomic E-state index is 0.0284. The first-order valence-corrected chi connectivity index (χ1v) is 8.70. The Morgan fingerprint density at radius 2 is 2.24 bits per heavy atom. The fraction of sp³-hybridized carbons (Fsp3) is 0.474. The van der Waals surface area contributed by atoms with Crippen molar-refractivity contribution in [1.82, 2.24) is 9.88 Å². The largest absolute Gasteiger partial charge is 0.497 e. The average Bonchev–Trinajstić information content (AvgIpc) is 3.13. The van der Waals surface area contributed by atoms with Crippen LogP contribution in [0.2, 0.25) is 0 Å². The van der Waals surface area contributed by atoms with Gasteiger partial charge in [-0.05, 0) is 37.1 Å². The summed E-state index contributed by atoms with van der Waals surface area (Å²) in [6.07, 6.45) is 2.45. The molecule has 0 aliphatic carbocycles. The van der Waals surface area contributed by atoms with Gasteiger partial charge in [0, 0.05) is 36.0 Å². The number of fused-ring (bicyclic) bond motifs is 1. The van der Waals surface area contributed by atoms with Gasteiger partial charge in [0.05, 0.1) is 19.8 Å². The number of aromatic nitrogens is 1. The number of ether oxygens (including phenoxy) is 2. The maximum atomic E-state index is 12.4. The van der Waals surface area contributed by atoms with Crippen LogP contribution >= 0.6 is 0 Å². The highest BCUT2D eigenvalue weighted by Crippen LogP contribution is 2.20. The SMILES string of the molecule is CCC(=O)N(Cc1cc2cc(OC)ccc2[nH]c1=O)CC1CCCO1. The van der Waals surface area contributed by atoms with Crippen LogP contribution in [-0.4, -0.2) is 42.2 Å². The van der Waals surface area contributed by atoms with E-state index in [4.69, 9.17) is 9.47 Å². The van der Waals surface area contributed by atoms with Gasteiger partial charge in [0.1, 0.15) is 5.75 Å². The average molecular weight is 344 g/mol. The molecule has 3 rings (SSSR count). The molecule has 6 nitrogen and oxygen atoms in total. The van der Waals surface area contributed by atoms with E-state index < -0.39 is 0 Å². The van der Waals surface area contributed by atoms with Crippen molar-refractivity contribution >= 4 is 16.8 Å². The summed E-state index contributed by atoms with van der Waals surface area (Å²) in [7, 11) is 1.61. The van der Waals surface area contributed by atoms with Crippen LogP contribution in [0, 0.1) is 0 Å². The van der Waals surface area contributed by atoms with Crippen LogP contribution in [0.4, 0.5) is 0 Å². The summed E-state index contributed by atoms with van der Waals surface area (Å²) in [4.78, 5) is 29.3. The summed E-state index contributed by atoms with van der Waals surface area (Å²) in [6, 6.07) is 7.34. The highest BCUT2D eigenvalue weighted by atomic mass is 16.5. The third kappa shape index (κ3) is 4.02. The third-order valence-electron chi connectivity index (χ3n) is 4.59. The van der Waals surface area contributed by atoms with Gasteiger partial charge < -0.3 is 19.4 Å². The number of pyridine rings is 1. The normalized spacial score (nSPS) is 17.0. The van der Waals surface area contributed by atoms with Gasteiger partial charge in [-0.2, -0.15) is 0 Å². The van der Waals surface area contributed by atoms with Crippen LogP contribution in [-0.2, 0) is 16.1 Å². The number of hydrogen-bond acceptors (Lipinski definition) is 4. The zero-order valence-electron chi connectivity index (χ0n) is 14.7. The lowest BCUT2D eigenvalue weighted by Gasteiger charge is -2.25. The first-order chi connectivity index (χ1) is 12.1. The zero-order valence-corrected chi connectivity index (χ0v) is 14.7. The molecule has 0 spiro atoms. The molecule has 134 valence electrons. The molecule has 1 saturated heterocycles. The van der Waals surface area contributed by atoms with Gasteiger partial charge in [-0.15, -0.1) is 0 Å². The maximum absolute atomic E-state index is 12.4. The van der Waals surface area contributed by atoms with Crippen molar-refractivity contribution < 1.29 is 14.3 Å². The van der Waals surface area contributed by atoms with Crippen molar-refractivity contribution in [2.75, 3.05) is 20.3 Å². The van der Waals surface area contributed by atoms with Crippen LogP contribution in [0.1, 0.15) is 31.7 Å². The van der Waals surface area contributed by atoms with E-state index in [9.17, 15) is 9.59 Å². The Balaban J connectivity index is 1.88. The summed E-state index contributed by atoms with van der Waals surface area (Å²) in [5.41, 5.74) is 1.15. The van der Waals surface area contributed by atoms with E-state index in [2.05, 4.69) is 4.98 Å². The fourth-order valence-corrected chi connectivity index (χ4v) is 3.19. The number of aromatic amines is 1. The molecule has 1 fully saturated rings. The van der Waals surface area contributed by atoms with Crippen molar-refractivity contribution in [3.8, 4) is 5.75 Å². The predicted octanol–water partition coefficient (Wildman–Crippen LogP) is 2.45. The minimum Gasteiger partial charge on any atom is -0.497 e. The van der Waals surface area contributed by atoms with Crippen LogP contribution in [0.3, 0.4) is 0 Å². The van der Waals surface area contributed by atoms with E-state index in [0.717, 1.165) is 36.1 Å². The van der Waals surface area contributed by atoms with Gasteiger partial charge in [0.15, 0.2) is 0 Å². The summed E-state index contributed by atoms with van der Waals surface area (Å²) < 4.78 is 10.9. The summed E-state index contributed by atoms with van der Waals surface area (Å²) in [5, 5.41) is 0.884. The molecule has 2 aromatic rings. The third-order valence-corrected chi connectivity index (χ3v) is 4.59. The number of benzene rings is 1. The first kappa shape index (κ1) is 17.5. The monoisotopic (exact) mass is 344 g/mol. The van der Waals surface area contributed by atoms with Crippen molar-refractivity contribution in [2.24, 2.45) is 0 Å². The number of H-pyrrole nitrogens is 1. The number of carbonyl (C=O) groups is 1. The Morgan fingerprint density at radius 3 is 2.92 bits per heavy atom. The minimum atomic E-state index is -0.168. The number of amides is 1. The standard InChI is InChI=1S/C19H24N2O4/c1-3-18(22)21(12-16-5-4-8-25-16)11-14-9-13-10-15(24-2)6-7-17(13)20-19(14)23/h6-7,9-10,16H,3-5,8,11-12H2,1-2H3,(H,20,23). The van der Waals surface area contributed by atoms with Crippen molar-refractivity contribution in [1.29, 1.82) is 0 Å². The molecule has 1 aromatic carbocycles. The summed E-state index contributed by atoms with van der Waals surface area (Å²) >= 11 is 0. The van der Waals surface area contributed by atoms with Crippen LogP contribution in [0.5, 0.6) is 5.75 Å². The first-order valence-electron chi connectivity index (χ1n) is 8.70. The second-order valence-electron chi connectivity index (χ2n) is 6.34. The van der Waals surface area contributed by atoms with Gasteiger partial charge >= 0.3 is 0 Å². The van der Waals surface area contributed by atoms with Crippen LogP contribution in [0.25, 0.3) is 10.9 Å². The van der Waals surface area contributed by atoms with Gasteiger partial charge in [0.25, 0.3) is 5.56 Å². The van der Waals surface area contributed by atoms with Gasteiger partial charge in [-0.1, -0.05) is 6.92 Å². The second kappa shape index (κ2) is 7.70. The molecule has 1 N–H and O–H groups in total. The number of carbonyl (C=O) groups excluding carboxylic acids is 1. The number of rotatable bonds is 6. The molecule has 0 radical (unpaired) electrons. The van der Waals surface area contributed by atoms with Crippen LogP contribution in [0.15, 0.2) is 29.1 Å². The molecule has 1 aliphatic rings.